The molecule has 2 heterocycles. The molecule has 4 rings (SSSR count). The van der Waals surface area contributed by atoms with Crippen LogP contribution in [0.5, 0.6) is 0 Å². The Balaban J connectivity index is 2.02. The third-order valence-electron chi connectivity index (χ3n) is 6.11. The van der Waals surface area contributed by atoms with Crippen molar-refractivity contribution in [3.8, 4) is 0 Å². The van der Waals surface area contributed by atoms with Crippen molar-refractivity contribution in [3.63, 3.8) is 0 Å². The number of likely N-dealkylation sites (N-methyl/N-ethyl adjacent to an activating group) is 1. The van der Waals surface area contributed by atoms with Crippen molar-refractivity contribution in [2.45, 2.75) is 18.9 Å². The number of nitrogens with zero attached hydrogens (tertiary/aromatic N) is 2. The summed E-state index contributed by atoms with van der Waals surface area (Å²) in [5.41, 5.74) is -0.876. The topological polar surface area (TPSA) is 87.1 Å². The van der Waals surface area contributed by atoms with Crippen LogP contribution in [0.15, 0.2) is 48.0 Å². The van der Waals surface area contributed by atoms with E-state index in [0.717, 1.165) is 6.07 Å². The molecular formula is C24H23FN2O5. The van der Waals surface area contributed by atoms with Crippen LogP contribution >= 0.6 is 0 Å². The summed E-state index contributed by atoms with van der Waals surface area (Å²) in [6, 6.07) is 10.8. The van der Waals surface area contributed by atoms with Gasteiger partial charge in [-0.15, -0.1) is 0 Å². The van der Waals surface area contributed by atoms with Gasteiger partial charge in [0.15, 0.2) is 5.54 Å². The highest BCUT2D eigenvalue weighted by Crippen LogP contribution is 2.53. The zero-order chi connectivity index (χ0) is 23.2. The third-order valence-corrected chi connectivity index (χ3v) is 6.11. The molecule has 1 spiro atoms. The summed E-state index contributed by atoms with van der Waals surface area (Å²) in [6.45, 7) is 1.94. The third kappa shape index (κ3) is 2.86. The average Bonchev–Trinajstić information content (AvgIpc) is 3.14. The number of aryl methyl sites for hydroxylation is 1. The molecule has 2 aliphatic heterocycles. The summed E-state index contributed by atoms with van der Waals surface area (Å²) < 4.78 is 19.3. The quantitative estimate of drug-likeness (QED) is 0.336. The Morgan fingerprint density at radius 2 is 1.88 bits per heavy atom. The Bertz CT molecular complexity index is 1170. The molecule has 0 saturated carbocycles. The van der Waals surface area contributed by atoms with Crippen LogP contribution in [0.25, 0.3) is 5.76 Å². The number of rotatable bonds is 5. The molecule has 2 aromatic carbocycles. The minimum Gasteiger partial charge on any atom is -0.507 e. The Labute approximate surface area is 184 Å². The molecule has 7 nitrogen and oxygen atoms in total. The standard InChI is InChI=1S/C24H23FN2O5/c1-14-9-10-15(13-17(14)25)20(28)19-21(29)22(30)27(11-6-12-32-3)24(19)16-7-4-5-8-18(16)26(2)23(24)31/h4-5,7-10,13,28H,6,11-12H2,1-3H3/t24-/m0/s1. The summed E-state index contributed by atoms with van der Waals surface area (Å²) in [5, 5.41) is 11.2. The van der Waals surface area contributed by atoms with E-state index < -0.39 is 34.7 Å². The number of likely N-dealkylation sites (tertiary alicyclic amines) is 1. The number of halogens is 1. The van der Waals surface area contributed by atoms with Crippen molar-refractivity contribution >= 4 is 29.0 Å². The van der Waals surface area contributed by atoms with Crippen LogP contribution in [-0.4, -0.2) is 54.9 Å². The van der Waals surface area contributed by atoms with Crippen molar-refractivity contribution < 1.29 is 28.6 Å². The number of aliphatic hydroxyl groups is 1. The number of hydrogen-bond donors (Lipinski definition) is 1. The Hall–Kier alpha value is -3.52. The molecule has 0 unspecified atom stereocenters. The first kappa shape index (κ1) is 21.7. The van der Waals surface area contributed by atoms with Crippen LogP contribution < -0.4 is 4.90 Å². The molecule has 2 aliphatic rings. The minimum absolute atomic E-state index is 0.0159. The normalized spacial score (nSPS) is 21.7. The highest BCUT2D eigenvalue weighted by atomic mass is 19.1. The number of ether oxygens (including phenoxy) is 1. The van der Waals surface area contributed by atoms with Gasteiger partial charge in [-0.2, -0.15) is 0 Å². The highest BCUT2D eigenvalue weighted by molar-refractivity contribution is 6.50. The van der Waals surface area contributed by atoms with E-state index in [1.807, 2.05) is 0 Å². The highest BCUT2D eigenvalue weighted by Gasteiger charge is 2.66. The second kappa shape index (κ2) is 7.87. The van der Waals surface area contributed by atoms with Gasteiger partial charge in [0.2, 0.25) is 0 Å². The lowest BCUT2D eigenvalue weighted by molar-refractivity contribution is -0.143. The smallest absolute Gasteiger partial charge is 0.296 e. The molecule has 1 saturated heterocycles. The number of anilines is 1. The number of methoxy groups -OCH3 is 1. The first-order chi connectivity index (χ1) is 15.3. The summed E-state index contributed by atoms with van der Waals surface area (Å²) in [5.74, 6) is -3.58. The average molecular weight is 438 g/mol. The molecule has 0 aromatic heterocycles. The van der Waals surface area contributed by atoms with Gasteiger partial charge in [-0.3, -0.25) is 14.4 Å². The number of aliphatic hydroxyl groups excluding tert-OH is 1. The molecule has 32 heavy (non-hydrogen) atoms. The van der Waals surface area contributed by atoms with Crippen LogP contribution in [0.3, 0.4) is 0 Å². The number of hydrogen-bond acceptors (Lipinski definition) is 5. The summed E-state index contributed by atoms with van der Waals surface area (Å²) in [6.07, 6.45) is 0.379. The van der Waals surface area contributed by atoms with Gasteiger partial charge in [-0.05, 0) is 31.0 Å². The van der Waals surface area contributed by atoms with Crippen LogP contribution in [-0.2, 0) is 24.7 Å². The number of carbonyl (C=O) groups is 3. The fraction of sp³-hybridized carbons (Fsp3) is 0.292. The Morgan fingerprint density at radius 1 is 1.16 bits per heavy atom. The molecule has 2 aromatic rings. The molecular weight excluding hydrogens is 415 g/mol. The van der Waals surface area contributed by atoms with E-state index in [0.29, 0.717) is 29.8 Å². The molecule has 0 bridgehead atoms. The van der Waals surface area contributed by atoms with Crippen LogP contribution in [0.4, 0.5) is 10.1 Å². The van der Waals surface area contributed by atoms with Crippen molar-refractivity contribution in [3.05, 3.63) is 70.5 Å². The van der Waals surface area contributed by atoms with Gasteiger partial charge in [0.25, 0.3) is 17.6 Å². The summed E-state index contributed by atoms with van der Waals surface area (Å²) in [7, 11) is 3.07. The predicted molar refractivity (Wildman–Crippen MR) is 115 cm³/mol. The minimum atomic E-state index is -1.83. The maximum atomic E-state index is 14.2. The van der Waals surface area contributed by atoms with Gasteiger partial charge in [-0.25, -0.2) is 4.39 Å². The van der Waals surface area contributed by atoms with E-state index in [-0.39, 0.29) is 17.7 Å². The summed E-state index contributed by atoms with van der Waals surface area (Å²) in [4.78, 5) is 42.7. The Morgan fingerprint density at radius 3 is 2.56 bits per heavy atom. The lowest BCUT2D eigenvalue weighted by Crippen LogP contribution is -2.51. The van der Waals surface area contributed by atoms with Gasteiger partial charge in [0, 0.05) is 44.1 Å². The fourth-order valence-electron chi connectivity index (χ4n) is 4.52. The lowest BCUT2D eigenvalue weighted by atomic mass is 9.81. The zero-order valence-electron chi connectivity index (χ0n) is 18.0. The van der Waals surface area contributed by atoms with E-state index in [4.69, 9.17) is 4.74 Å². The first-order valence-corrected chi connectivity index (χ1v) is 10.2. The maximum absolute atomic E-state index is 14.2. The van der Waals surface area contributed by atoms with Gasteiger partial charge < -0.3 is 19.6 Å². The van der Waals surface area contributed by atoms with E-state index in [9.17, 15) is 23.9 Å². The van der Waals surface area contributed by atoms with Crippen LogP contribution in [0.2, 0.25) is 0 Å². The molecule has 166 valence electrons. The number of Topliss-reactive ketones (excluding diaryl/α,β-unsaturated/α-hetero) is 1. The molecule has 0 radical (unpaired) electrons. The van der Waals surface area contributed by atoms with Crippen molar-refractivity contribution in [2.24, 2.45) is 0 Å². The zero-order valence-corrected chi connectivity index (χ0v) is 18.0. The van der Waals surface area contributed by atoms with E-state index in [1.54, 1.807) is 38.2 Å². The number of benzene rings is 2. The second-order valence-electron chi connectivity index (χ2n) is 7.91. The monoisotopic (exact) mass is 438 g/mol. The van der Waals surface area contributed by atoms with E-state index in [1.165, 1.54) is 29.0 Å². The molecule has 2 amide bonds. The molecule has 8 heteroatoms. The van der Waals surface area contributed by atoms with E-state index >= 15 is 0 Å². The fourth-order valence-corrected chi connectivity index (χ4v) is 4.52. The summed E-state index contributed by atoms with van der Waals surface area (Å²) >= 11 is 0. The van der Waals surface area contributed by atoms with Gasteiger partial charge in [0.05, 0.1) is 5.57 Å². The van der Waals surface area contributed by atoms with Crippen LogP contribution in [0, 0.1) is 12.7 Å². The second-order valence-corrected chi connectivity index (χ2v) is 7.91. The van der Waals surface area contributed by atoms with Gasteiger partial charge in [-0.1, -0.05) is 30.3 Å². The van der Waals surface area contributed by atoms with Crippen molar-refractivity contribution in [1.82, 2.24) is 4.90 Å². The molecule has 1 fully saturated rings. The predicted octanol–water partition coefficient (Wildman–Crippen LogP) is 2.72. The first-order valence-electron chi connectivity index (χ1n) is 10.2. The molecule has 0 aliphatic carbocycles. The van der Waals surface area contributed by atoms with Crippen molar-refractivity contribution in [1.29, 1.82) is 0 Å². The van der Waals surface area contributed by atoms with Crippen LogP contribution in [0.1, 0.15) is 23.1 Å². The molecule has 1 atom stereocenters. The van der Waals surface area contributed by atoms with Crippen molar-refractivity contribution in [2.75, 3.05) is 32.2 Å². The largest absolute Gasteiger partial charge is 0.507 e. The van der Waals surface area contributed by atoms with E-state index in [2.05, 4.69) is 0 Å². The van der Waals surface area contributed by atoms with Gasteiger partial charge in [0.1, 0.15) is 11.6 Å². The number of carbonyl (C=O) groups excluding carboxylic acids is 3. The number of amides is 2. The maximum Gasteiger partial charge on any atom is 0.296 e. The SMILES string of the molecule is COCCCN1C(=O)C(=O)C(=C(O)c2ccc(C)c(F)c2)[C@@]12C(=O)N(C)c1ccccc12. The number of ketones is 1. The lowest BCUT2D eigenvalue weighted by Gasteiger charge is -2.34. The number of para-hydroxylation sites is 1. The van der Waals surface area contributed by atoms with Gasteiger partial charge >= 0.3 is 0 Å². The molecule has 1 N–H and O–H groups in total. The Kier molecular flexibility index (Phi) is 5.34. The number of fused-ring (bicyclic) bond motifs is 2.